The molecule has 3 heterocycles. The monoisotopic (exact) mass is 413 g/mol. The Kier molecular flexibility index (Phi) is 3.20. The van der Waals surface area contributed by atoms with Gasteiger partial charge in [-0.05, 0) is 45.1 Å². The first-order valence-corrected chi connectivity index (χ1v) is 9.46. The molecule has 0 saturated heterocycles. The standard InChI is InChI=1S/C19H12BrNO3S/c20-10-5-15(25-8-10)16-12-4-2-9-1-3-11(22)6-13(9)18(12)21-14-7-24-19(23)17(14)16/h1-6,8,16,21-22H,7H2. The maximum atomic E-state index is 12.4. The second-order valence-corrected chi connectivity index (χ2v) is 7.99. The molecular formula is C19H12BrNO3S. The largest absolute Gasteiger partial charge is 0.508 e. The number of ether oxygens (including phenoxy) is 1. The third-order valence-electron chi connectivity index (χ3n) is 4.68. The predicted octanol–water partition coefficient (Wildman–Crippen LogP) is 4.74. The average Bonchev–Trinajstić information content (AvgIpc) is 3.19. The van der Waals surface area contributed by atoms with Gasteiger partial charge in [0.15, 0.2) is 0 Å². The lowest BCUT2D eigenvalue weighted by atomic mass is 9.83. The van der Waals surface area contributed by atoms with Crippen LogP contribution in [0.15, 0.2) is 57.5 Å². The van der Waals surface area contributed by atoms with E-state index in [0.29, 0.717) is 5.57 Å². The topological polar surface area (TPSA) is 58.6 Å². The minimum absolute atomic E-state index is 0.163. The van der Waals surface area contributed by atoms with E-state index in [4.69, 9.17) is 4.74 Å². The molecule has 1 atom stereocenters. The van der Waals surface area contributed by atoms with Gasteiger partial charge < -0.3 is 15.2 Å². The summed E-state index contributed by atoms with van der Waals surface area (Å²) in [5.41, 5.74) is 3.44. The van der Waals surface area contributed by atoms with Crippen LogP contribution >= 0.6 is 27.3 Å². The van der Waals surface area contributed by atoms with Gasteiger partial charge in [0.05, 0.1) is 22.9 Å². The number of cyclic esters (lactones) is 1. The minimum atomic E-state index is -0.265. The van der Waals surface area contributed by atoms with E-state index in [1.807, 2.05) is 23.6 Å². The van der Waals surface area contributed by atoms with Crippen molar-refractivity contribution in [3.8, 4) is 5.75 Å². The zero-order chi connectivity index (χ0) is 17.1. The molecule has 2 N–H and O–H groups in total. The van der Waals surface area contributed by atoms with Crippen molar-refractivity contribution in [1.82, 2.24) is 0 Å². The first kappa shape index (κ1) is 15.0. The van der Waals surface area contributed by atoms with E-state index in [0.717, 1.165) is 37.1 Å². The number of anilines is 1. The molecule has 0 aliphatic carbocycles. The van der Waals surface area contributed by atoms with Gasteiger partial charge in [-0.15, -0.1) is 11.3 Å². The lowest BCUT2D eigenvalue weighted by Gasteiger charge is -2.27. The molecule has 0 bridgehead atoms. The number of carbonyl (C=O) groups excluding carboxylic acids is 1. The molecule has 5 rings (SSSR count). The summed E-state index contributed by atoms with van der Waals surface area (Å²) >= 11 is 5.12. The smallest absolute Gasteiger partial charge is 0.337 e. The molecule has 2 aliphatic heterocycles. The Bertz CT molecular complexity index is 1090. The third-order valence-corrected chi connectivity index (χ3v) is 6.44. The van der Waals surface area contributed by atoms with Crippen LogP contribution in [0.4, 0.5) is 5.69 Å². The molecule has 4 nitrogen and oxygen atoms in total. The number of aromatic hydroxyl groups is 1. The van der Waals surface area contributed by atoms with Crippen LogP contribution in [-0.2, 0) is 9.53 Å². The van der Waals surface area contributed by atoms with Gasteiger partial charge in [0.2, 0.25) is 0 Å². The van der Waals surface area contributed by atoms with Crippen molar-refractivity contribution in [2.75, 3.05) is 11.9 Å². The molecule has 0 saturated carbocycles. The zero-order valence-electron chi connectivity index (χ0n) is 12.9. The highest BCUT2D eigenvalue weighted by molar-refractivity contribution is 9.10. The summed E-state index contributed by atoms with van der Waals surface area (Å²) in [6.45, 7) is 0.256. The molecule has 2 aliphatic rings. The van der Waals surface area contributed by atoms with Crippen molar-refractivity contribution < 1.29 is 14.6 Å². The number of fused-ring (bicyclic) bond motifs is 3. The summed E-state index contributed by atoms with van der Waals surface area (Å²) in [4.78, 5) is 13.4. The van der Waals surface area contributed by atoms with Crippen LogP contribution in [0, 0.1) is 0 Å². The lowest BCUT2D eigenvalue weighted by Crippen LogP contribution is -2.19. The second kappa shape index (κ2) is 5.34. The number of nitrogens with one attached hydrogen (secondary N) is 1. The van der Waals surface area contributed by atoms with E-state index in [2.05, 4.69) is 27.3 Å². The molecule has 3 aromatic rings. The number of halogens is 1. The summed E-state index contributed by atoms with van der Waals surface area (Å²) < 4.78 is 6.29. The molecule has 1 aromatic heterocycles. The highest BCUT2D eigenvalue weighted by Gasteiger charge is 2.39. The minimum Gasteiger partial charge on any atom is -0.508 e. The van der Waals surface area contributed by atoms with Gasteiger partial charge in [-0.1, -0.05) is 18.2 Å². The van der Waals surface area contributed by atoms with E-state index < -0.39 is 0 Å². The van der Waals surface area contributed by atoms with Crippen molar-refractivity contribution in [1.29, 1.82) is 0 Å². The van der Waals surface area contributed by atoms with Gasteiger partial charge in [0, 0.05) is 20.1 Å². The first-order chi connectivity index (χ1) is 12.1. The molecule has 1 unspecified atom stereocenters. The number of rotatable bonds is 1. The quantitative estimate of drug-likeness (QED) is 0.565. The number of carbonyl (C=O) groups is 1. The number of hydrogen-bond acceptors (Lipinski definition) is 5. The highest BCUT2D eigenvalue weighted by Crippen LogP contribution is 2.48. The van der Waals surface area contributed by atoms with Gasteiger partial charge in [0.1, 0.15) is 12.4 Å². The van der Waals surface area contributed by atoms with Gasteiger partial charge in [-0.3, -0.25) is 0 Å². The number of hydrogen-bond donors (Lipinski definition) is 2. The maximum Gasteiger partial charge on any atom is 0.337 e. The van der Waals surface area contributed by atoms with E-state index in [-0.39, 0.29) is 24.2 Å². The molecule has 124 valence electrons. The van der Waals surface area contributed by atoms with Gasteiger partial charge in [-0.2, -0.15) is 0 Å². The number of thiophene rings is 1. The lowest BCUT2D eigenvalue weighted by molar-refractivity contribution is -0.136. The van der Waals surface area contributed by atoms with Crippen molar-refractivity contribution >= 4 is 49.7 Å². The van der Waals surface area contributed by atoms with Gasteiger partial charge >= 0.3 is 5.97 Å². The summed E-state index contributed by atoms with van der Waals surface area (Å²) in [5.74, 6) is -0.209. The Balaban J connectivity index is 1.81. The molecule has 0 amide bonds. The van der Waals surface area contributed by atoms with Crippen LogP contribution in [0.3, 0.4) is 0 Å². The summed E-state index contributed by atoms with van der Waals surface area (Å²) in [5, 5.41) is 17.3. The molecule has 0 radical (unpaired) electrons. The zero-order valence-corrected chi connectivity index (χ0v) is 15.3. The van der Waals surface area contributed by atoms with E-state index >= 15 is 0 Å². The van der Waals surface area contributed by atoms with Crippen LogP contribution in [0.25, 0.3) is 10.8 Å². The Morgan fingerprint density at radius 1 is 1.24 bits per heavy atom. The summed E-state index contributed by atoms with van der Waals surface area (Å²) in [6.07, 6.45) is 0. The Morgan fingerprint density at radius 3 is 2.88 bits per heavy atom. The van der Waals surface area contributed by atoms with E-state index in [1.165, 1.54) is 0 Å². The normalized spacial score (nSPS) is 18.8. The third kappa shape index (κ3) is 2.21. The predicted molar refractivity (Wildman–Crippen MR) is 101 cm³/mol. The Labute approximate surface area is 155 Å². The van der Waals surface area contributed by atoms with Crippen molar-refractivity contribution in [3.05, 3.63) is 68.0 Å². The average molecular weight is 414 g/mol. The fourth-order valence-electron chi connectivity index (χ4n) is 3.60. The highest BCUT2D eigenvalue weighted by atomic mass is 79.9. The van der Waals surface area contributed by atoms with Crippen molar-refractivity contribution in [3.63, 3.8) is 0 Å². The summed E-state index contributed by atoms with van der Waals surface area (Å²) in [6, 6.07) is 11.5. The van der Waals surface area contributed by atoms with Crippen LogP contribution in [0.1, 0.15) is 16.4 Å². The number of phenols is 1. The first-order valence-electron chi connectivity index (χ1n) is 7.78. The maximum absolute atomic E-state index is 12.4. The van der Waals surface area contributed by atoms with Gasteiger partial charge in [-0.25, -0.2) is 4.79 Å². The molecule has 0 fully saturated rings. The SMILES string of the molecule is O=C1OCC2=C1C(c1cc(Br)cs1)c1ccc3ccc(O)cc3c1N2. The Morgan fingerprint density at radius 2 is 2.08 bits per heavy atom. The molecule has 0 spiro atoms. The van der Waals surface area contributed by atoms with Crippen LogP contribution in [0.2, 0.25) is 0 Å². The van der Waals surface area contributed by atoms with E-state index in [1.54, 1.807) is 23.5 Å². The number of esters is 1. The van der Waals surface area contributed by atoms with E-state index in [9.17, 15) is 9.90 Å². The Hall–Kier alpha value is -2.31. The van der Waals surface area contributed by atoms with Crippen molar-refractivity contribution in [2.24, 2.45) is 0 Å². The van der Waals surface area contributed by atoms with Crippen molar-refractivity contribution in [2.45, 2.75) is 5.92 Å². The number of phenolic OH excluding ortho intramolecular Hbond substituents is 1. The van der Waals surface area contributed by atoms with Crippen LogP contribution in [0.5, 0.6) is 5.75 Å². The molecule has 2 aromatic carbocycles. The molecule has 25 heavy (non-hydrogen) atoms. The molecule has 6 heteroatoms. The van der Waals surface area contributed by atoms with Crippen LogP contribution < -0.4 is 5.32 Å². The van der Waals surface area contributed by atoms with Gasteiger partial charge in [0.25, 0.3) is 0 Å². The summed E-state index contributed by atoms with van der Waals surface area (Å²) in [7, 11) is 0. The fourth-order valence-corrected chi connectivity index (χ4v) is 5.17. The number of benzene rings is 2. The fraction of sp³-hybridized carbons (Fsp3) is 0.105. The van der Waals surface area contributed by atoms with Crippen LogP contribution in [-0.4, -0.2) is 17.7 Å². The second-order valence-electron chi connectivity index (χ2n) is 6.13. The molecular weight excluding hydrogens is 402 g/mol.